The molecule has 1 aliphatic heterocycles. The molecule has 1 atom stereocenters. The van der Waals surface area contributed by atoms with E-state index in [0.717, 1.165) is 32.4 Å². The van der Waals surface area contributed by atoms with Gasteiger partial charge in [-0.1, -0.05) is 0 Å². The number of nitrogens with zero attached hydrogens (tertiary/aromatic N) is 1. The van der Waals surface area contributed by atoms with Gasteiger partial charge < -0.3 is 15.7 Å². The number of nitrogens with two attached hydrogens (primary N) is 1. The number of carbonyl (C=O) groups excluding carboxylic acids is 1. The summed E-state index contributed by atoms with van der Waals surface area (Å²) in [5.41, 5.74) is 5.60. The van der Waals surface area contributed by atoms with Gasteiger partial charge in [0.1, 0.15) is 0 Å². The number of likely N-dealkylation sites (tertiary alicyclic amines) is 1. The number of piperidine rings is 1. The molecule has 0 spiro atoms. The summed E-state index contributed by atoms with van der Waals surface area (Å²) in [5.74, 6) is -0.164. The molecule has 17 heavy (non-hydrogen) atoms. The number of hydrogen-bond acceptors (Lipinski definition) is 3. The quantitative estimate of drug-likeness (QED) is 0.748. The molecular weight excluding hydrogens is 220 g/mol. The lowest BCUT2D eigenvalue weighted by atomic mass is 9.92. The van der Waals surface area contributed by atoms with Crippen LogP contribution in [0.1, 0.15) is 39.0 Å². The van der Waals surface area contributed by atoms with Gasteiger partial charge >= 0.3 is 5.97 Å². The van der Waals surface area contributed by atoms with Gasteiger partial charge in [-0.3, -0.25) is 9.59 Å². The average molecular weight is 242 g/mol. The lowest BCUT2D eigenvalue weighted by molar-refractivity contribution is -0.138. The van der Waals surface area contributed by atoms with Crippen molar-refractivity contribution in [2.75, 3.05) is 13.1 Å². The van der Waals surface area contributed by atoms with Crippen LogP contribution in [-0.4, -0.2) is 41.0 Å². The molecule has 0 bridgehead atoms. The van der Waals surface area contributed by atoms with E-state index in [1.54, 1.807) is 0 Å². The summed E-state index contributed by atoms with van der Waals surface area (Å²) in [4.78, 5) is 24.0. The maximum Gasteiger partial charge on any atom is 0.303 e. The Morgan fingerprint density at radius 1 is 1.41 bits per heavy atom. The molecule has 0 saturated carbocycles. The lowest BCUT2D eigenvalue weighted by Gasteiger charge is -2.32. The van der Waals surface area contributed by atoms with Crippen LogP contribution < -0.4 is 5.73 Å². The molecule has 3 N–H and O–H groups in total. The summed E-state index contributed by atoms with van der Waals surface area (Å²) in [6.07, 6.45) is 3.19. The maximum absolute atomic E-state index is 11.7. The highest BCUT2D eigenvalue weighted by Gasteiger charge is 2.23. The van der Waals surface area contributed by atoms with Crippen molar-refractivity contribution in [1.82, 2.24) is 4.90 Å². The van der Waals surface area contributed by atoms with E-state index >= 15 is 0 Å². The Morgan fingerprint density at radius 2 is 2.00 bits per heavy atom. The van der Waals surface area contributed by atoms with E-state index in [2.05, 4.69) is 0 Å². The zero-order valence-corrected chi connectivity index (χ0v) is 10.4. The van der Waals surface area contributed by atoms with Crippen molar-refractivity contribution in [3.05, 3.63) is 0 Å². The molecule has 1 rings (SSSR count). The normalized spacial score (nSPS) is 19.1. The number of carbonyl (C=O) groups is 2. The SMILES string of the molecule is CC(N)CC(=O)N1CCC(CCC(=O)O)CC1. The van der Waals surface area contributed by atoms with Crippen LogP contribution in [0.5, 0.6) is 0 Å². The third-order valence-corrected chi connectivity index (χ3v) is 3.23. The summed E-state index contributed by atoms with van der Waals surface area (Å²) in [5, 5.41) is 8.61. The number of hydrogen-bond donors (Lipinski definition) is 2. The summed E-state index contributed by atoms with van der Waals surface area (Å²) in [6.45, 7) is 3.32. The maximum atomic E-state index is 11.7. The van der Waals surface area contributed by atoms with E-state index in [1.165, 1.54) is 0 Å². The van der Waals surface area contributed by atoms with Crippen molar-refractivity contribution in [1.29, 1.82) is 0 Å². The Bertz CT molecular complexity index is 271. The number of amides is 1. The minimum Gasteiger partial charge on any atom is -0.481 e. The van der Waals surface area contributed by atoms with E-state index in [4.69, 9.17) is 10.8 Å². The molecule has 1 aliphatic rings. The van der Waals surface area contributed by atoms with Gasteiger partial charge in [0.05, 0.1) is 0 Å². The molecule has 5 nitrogen and oxygen atoms in total. The van der Waals surface area contributed by atoms with Crippen LogP contribution in [0, 0.1) is 5.92 Å². The average Bonchev–Trinajstić information content (AvgIpc) is 2.26. The van der Waals surface area contributed by atoms with Gasteiger partial charge in [-0.05, 0) is 32.1 Å². The van der Waals surface area contributed by atoms with E-state index in [0.29, 0.717) is 12.3 Å². The third kappa shape index (κ3) is 5.17. The molecule has 0 aliphatic carbocycles. The summed E-state index contributed by atoms with van der Waals surface area (Å²) >= 11 is 0. The summed E-state index contributed by atoms with van der Waals surface area (Å²) < 4.78 is 0. The van der Waals surface area contributed by atoms with Crippen molar-refractivity contribution in [3.8, 4) is 0 Å². The van der Waals surface area contributed by atoms with E-state index < -0.39 is 5.97 Å². The van der Waals surface area contributed by atoms with Gasteiger partial charge in [-0.15, -0.1) is 0 Å². The number of rotatable bonds is 5. The molecule has 1 amide bonds. The first kappa shape index (κ1) is 14.0. The zero-order chi connectivity index (χ0) is 12.8. The first-order valence-electron chi connectivity index (χ1n) is 6.24. The van der Waals surface area contributed by atoms with E-state index in [9.17, 15) is 9.59 Å². The fourth-order valence-electron chi connectivity index (χ4n) is 2.20. The highest BCUT2D eigenvalue weighted by Crippen LogP contribution is 2.22. The van der Waals surface area contributed by atoms with Crippen LogP contribution in [0.3, 0.4) is 0 Å². The van der Waals surface area contributed by atoms with Gasteiger partial charge in [0, 0.05) is 32.0 Å². The number of carboxylic acid groups (broad SMARTS) is 1. The van der Waals surface area contributed by atoms with Gasteiger partial charge in [0.15, 0.2) is 0 Å². The Labute approximate surface area is 102 Å². The standard InChI is InChI=1S/C12H22N2O3/c1-9(13)8-11(15)14-6-4-10(5-7-14)2-3-12(16)17/h9-10H,2-8,13H2,1H3,(H,16,17). The van der Waals surface area contributed by atoms with Crippen molar-refractivity contribution in [2.45, 2.75) is 45.1 Å². The van der Waals surface area contributed by atoms with Crippen molar-refractivity contribution in [3.63, 3.8) is 0 Å². The van der Waals surface area contributed by atoms with Crippen LogP contribution in [-0.2, 0) is 9.59 Å². The summed E-state index contributed by atoms with van der Waals surface area (Å²) in [7, 11) is 0. The second kappa shape index (κ2) is 6.59. The first-order chi connectivity index (χ1) is 7.99. The predicted octanol–water partition coefficient (Wildman–Crippen LogP) is 0.827. The fraction of sp³-hybridized carbons (Fsp3) is 0.833. The molecule has 1 fully saturated rings. The van der Waals surface area contributed by atoms with Crippen molar-refractivity contribution in [2.24, 2.45) is 11.7 Å². The van der Waals surface area contributed by atoms with Crippen LogP contribution in [0.4, 0.5) is 0 Å². The lowest BCUT2D eigenvalue weighted by Crippen LogP contribution is -2.40. The van der Waals surface area contributed by atoms with Gasteiger partial charge in [0.25, 0.3) is 0 Å². The molecule has 0 radical (unpaired) electrons. The second-order valence-electron chi connectivity index (χ2n) is 4.94. The van der Waals surface area contributed by atoms with Gasteiger partial charge in [-0.25, -0.2) is 0 Å². The molecule has 5 heteroatoms. The zero-order valence-electron chi connectivity index (χ0n) is 10.4. The van der Waals surface area contributed by atoms with Gasteiger partial charge in [0.2, 0.25) is 5.91 Å². The highest BCUT2D eigenvalue weighted by molar-refractivity contribution is 5.76. The number of aliphatic carboxylic acids is 1. The Hall–Kier alpha value is -1.10. The second-order valence-corrected chi connectivity index (χ2v) is 4.94. The molecule has 1 heterocycles. The van der Waals surface area contributed by atoms with Crippen molar-refractivity contribution >= 4 is 11.9 Å². The van der Waals surface area contributed by atoms with Crippen LogP contribution in [0.2, 0.25) is 0 Å². The minimum absolute atomic E-state index is 0.0905. The Kier molecular flexibility index (Phi) is 5.41. The van der Waals surface area contributed by atoms with Crippen LogP contribution in [0.15, 0.2) is 0 Å². The molecule has 98 valence electrons. The molecule has 1 saturated heterocycles. The molecule has 1 unspecified atom stereocenters. The minimum atomic E-state index is -0.736. The van der Waals surface area contributed by atoms with E-state index in [-0.39, 0.29) is 18.4 Å². The van der Waals surface area contributed by atoms with Gasteiger partial charge in [-0.2, -0.15) is 0 Å². The Balaban J connectivity index is 2.25. The predicted molar refractivity (Wildman–Crippen MR) is 64.4 cm³/mol. The third-order valence-electron chi connectivity index (χ3n) is 3.23. The summed E-state index contributed by atoms with van der Waals surface area (Å²) in [6, 6.07) is -0.0905. The highest BCUT2D eigenvalue weighted by atomic mass is 16.4. The smallest absolute Gasteiger partial charge is 0.303 e. The topological polar surface area (TPSA) is 83.6 Å². The molecule has 0 aromatic carbocycles. The first-order valence-corrected chi connectivity index (χ1v) is 6.24. The van der Waals surface area contributed by atoms with Crippen LogP contribution >= 0.6 is 0 Å². The number of carboxylic acids is 1. The van der Waals surface area contributed by atoms with Crippen LogP contribution in [0.25, 0.3) is 0 Å². The van der Waals surface area contributed by atoms with E-state index in [1.807, 2.05) is 11.8 Å². The Morgan fingerprint density at radius 3 is 2.47 bits per heavy atom. The molecular formula is C12H22N2O3. The fourth-order valence-corrected chi connectivity index (χ4v) is 2.20. The largest absolute Gasteiger partial charge is 0.481 e. The molecule has 0 aromatic rings. The van der Waals surface area contributed by atoms with Crippen molar-refractivity contribution < 1.29 is 14.7 Å². The monoisotopic (exact) mass is 242 g/mol. The molecule has 0 aromatic heterocycles.